The maximum absolute atomic E-state index is 11.1. The van der Waals surface area contributed by atoms with Gasteiger partial charge in [-0.05, 0) is 25.5 Å². The molecule has 1 heterocycles. The molecule has 0 aliphatic rings. The Balaban J connectivity index is 3.57. The van der Waals surface area contributed by atoms with Gasteiger partial charge in [-0.3, -0.25) is 0 Å². The van der Waals surface area contributed by atoms with Gasteiger partial charge in [0.2, 0.25) is 0 Å². The van der Waals surface area contributed by atoms with Crippen LogP contribution in [0.15, 0.2) is 11.0 Å². The number of aryl methyl sites for hydroxylation is 2. The lowest BCUT2D eigenvalue weighted by molar-refractivity contribution is 0.608. The molecule has 0 amide bonds. The molecule has 1 aromatic rings. The minimum atomic E-state index is -3.73. The monoisotopic (exact) mass is 239 g/mol. The van der Waals surface area contributed by atoms with E-state index in [9.17, 15) is 8.42 Å². The lowest BCUT2D eigenvalue weighted by Gasteiger charge is -2.05. The predicted octanol–water partition coefficient (Wildman–Crippen LogP) is 2.28. The van der Waals surface area contributed by atoms with Crippen molar-refractivity contribution >= 4 is 31.3 Å². The summed E-state index contributed by atoms with van der Waals surface area (Å²) in [6.07, 6.45) is 0. The molecule has 72 valence electrons. The Bertz CT molecular complexity index is 419. The molecule has 0 saturated carbocycles. The first-order valence-electron chi connectivity index (χ1n) is 3.41. The van der Waals surface area contributed by atoms with Crippen LogP contribution in [0.5, 0.6) is 0 Å². The molecule has 0 radical (unpaired) electrons. The van der Waals surface area contributed by atoms with Crippen molar-refractivity contribution in [2.45, 2.75) is 18.7 Å². The van der Waals surface area contributed by atoms with E-state index in [0.29, 0.717) is 11.3 Å². The molecule has 6 heteroatoms. The van der Waals surface area contributed by atoms with E-state index in [1.807, 2.05) is 0 Å². The zero-order chi connectivity index (χ0) is 10.2. The van der Waals surface area contributed by atoms with Gasteiger partial charge in [0, 0.05) is 10.7 Å². The zero-order valence-electron chi connectivity index (χ0n) is 7.01. The van der Waals surface area contributed by atoms with Gasteiger partial charge in [0.25, 0.3) is 9.05 Å². The number of pyridine rings is 1. The molecule has 0 aliphatic carbocycles. The molecule has 0 N–H and O–H groups in total. The van der Waals surface area contributed by atoms with Crippen molar-refractivity contribution in [2.75, 3.05) is 0 Å². The average molecular weight is 240 g/mol. The van der Waals surface area contributed by atoms with Crippen LogP contribution in [0, 0.1) is 13.8 Å². The molecule has 0 saturated heterocycles. The van der Waals surface area contributed by atoms with Gasteiger partial charge in [0.05, 0.1) is 5.69 Å². The molecule has 0 atom stereocenters. The Morgan fingerprint density at radius 3 is 2.31 bits per heavy atom. The summed E-state index contributed by atoms with van der Waals surface area (Å²) in [7, 11) is 1.48. The van der Waals surface area contributed by atoms with Crippen molar-refractivity contribution < 1.29 is 8.42 Å². The van der Waals surface area contributed by atoms with Gasteiger partial charge in [-0.1, -0.05) is 11.6 Å². The molecule has 3 nitrogen and oxygen atoms in total. The Hall–Kier alpha value is -0.320. The number of nitrogens with zero attached hydrogens (tertiary/aromatic N) is 1. The van der Waals surface area contributed by atoms with E-state index >= 15 is 0 Å². The highest BCUT2D eigenvalue weighted by molar-refractivity contribution is 8.13. The highest BCUT2D eigenvalue weighted by atomic mass is 35.7. The quantitative estimate of drug-likeness (QED) is 0.558. The van der Waals surface area contributed by atoms with E-state index in [4.69, 9.17) is 22.3 Å². The third-order valence-electron chi connectivity index (χ3n) is 1.54. The summed E-state index contributed by atoms with van der Waals surface area (Å²) in [5, 5.41) is 0.263. The summed E-state index contributed by atoms with van der Waals surface area (Å²) in [6, 6.07) is 1.46. The highest BCUT2D eigenvalue weighted by Gasteiger charge is 2.17. The second kappa shape index (κ2) is 3.44. The first-order valence-corrected chi connectivity index (χ1v) is 6.09. The minimum Gasteiger partial charge on any atom is -0.240 e. The molecule has 0 fully saturated rings. The van der Waals surface area contributed by atoms with Crippen LogP contribution in [-0.2, 0) is 9.05 Å². The highest BCUT2D eigenvalue weighted by Crippen LogP contribution is 2.24. The Kier molecular flexibility index (Phi) is 2.85. The van der Waals surface area contributed by atoms with Crippen molar-refractivity contribution in [3.05, 3.63) is 22.5 Å². The Morgan fingerprint density at radius 2 is 1.92 bits per heavy atom. The molecular formula is C7H7Cl2NO2S. The molecule has 0 unspecified atom stereocenters. The van der Waals surface area contributed by atoms with Crippen LogP contribution in [0.1, 0.15) is 11.3 Å². The summed E-state index contributed by atoms with van der Waals surface area (Å²) in [6.45, 7) is 3.17. The van der Waals surface area contributed by atoms with Crippen LogP contribution in [0.2, 0.25) is 5.15 Å². The predicted molar refractivity (Wildman–Crippen MR) is 51.8 cm³/mol. The van der Waals surface area contributed by atoms with E-state index in [1.165, 1.54) is 6.07 Å². The minimum absolute atomic E-state index is 0.0403. The zero-order valence-corrected chi connectivity index (χ0v) is 9.33. The summed E-state index contributed by atoms with van der Waals surface area (Å²) in [4.78, 5) is 3.84. The van der Waals surface area contributed by atoms with Crippen LogP contribution in [-0.4, -0.2) is 13.4 Å². The number of halogens is 2. The lowest BCUT2D eigenvalue weighted by atomic mass is 10.2. The molecule has 1 rings (SSSR count). The second-order valence-corrected chi connectivity index (χ2v) is 5.50. The van der Waals surface area contributed by atoms with Gasteiger partial charge in [-0.25, -0.2) is 13.4 Å². The van der Waals surface area contributed by atoms with Crippen molar-refractivity contribution in [1.29, 1.82) is 0 Å². The van der Waals surface area contributed by atoms with Crippen LogP contribution in [0.4, 0.5) is 0 Å². The average Bonchev–Trinajstić information content (AvgIpc) is 1.78. The number of hydrogen-bond donors (Lipinski definition) is 0. The third kappa shape index (κ3) is 2.33. The number of aromatic nitrogens is 1. The Labute approximate surface area is 86.1 Å². The van der Waals surface area contributed by atoms with Crippen LogP contribution >= 0.6 is 22.3 Å². The van der Waals surface area contributed by atoms with Crippen molar-refractivity contribution in [2.24, 2.45) is 0 Å². The molecule has 0 aliphatic heterocycles. The molecule has 0 spiro atoms. The van der Waals surface area contributed by atoms with Gasteiger partial charge in [-0.15, -0.1) is 0 Å². The van der Waals surface area contributed by atoms with Crippen LogP contribution in [0.25, 0.3) is 0 Å². The summed E-state index contributed by atoms with van der Waals surface area (Å²) < 4.78 is 22.1. The smallest absolute Gasteiger partial charge is 0.240 e. The van der Waals surface area contributed by atoms with Crippen molar-refractivity contribution in [1.82, 2.24) is 4.98 Å². The summed E-state index contributed by atoms with van der Waals surface area (Å²) in [5.74, 6) is 0. The first-order chi connectivity index (χ1) is 5.82. The Morgan fingerprint density at radius 1 is 1.38 bits per heavy atom. The maximum atomic E-state index is 11.1. The van der Waals surface area contributed by atoms with E-state index in [0.717, 1.165) is 0 Å². The van der Waals surface area contributed by atoms with Crippen molar-refractivity contribution in [3.63, 3.8) is 0 Å². The van der Waals surface area contributed by atoms with E-state index < -0.39 is 9.05 Å². The SMILES string of the molecule is Cc1cc(Cl)nc(C)c1S(=O)(=O)Cl. The topological polar surface area (TPSA) is 47.0 Å². The van der Waals surface area contributed by atoms with E-state index in [2.05, 4.69) is 4.98 Å². The normalized spacial score (nSPS) is 11.7. The second-order valence-electron chi connectivity index (χ2n) is 2.61. The maximum Gasteiger partial charge on any atom is 0.263 e. The van der Waals surface area contributed by atoms with Gasteiger partial charge < -0.3 is 0 Å². The van der Waals surface area contributed by atoms with Gasteiger partial charge in [-0.2, -0.15) is 0 Å². The fraction of sp³-hybridized carbons (Fsp3) is 0.286. The summed E-state index contributed by atoms with van der Waals surface area (Å²) in [5.41, 5.74) is 0.826. The first kappa shape index (κ1) is 10.8. The number of hydrogen-bond acceptors (Lipinski definition) is 3. The van der Waals surface area contributed by atoms with Crippen molar-refractivity contribution in [3.8, 4) is 0 Å². The molecule has 0 bridgehead atoms. The van der Waals surface area contributed by atoms with Crippen LogP contribution < -0.4 is 0 Å². The van der Waals surface area contributed by atoms with Crippen LogP contribution in [0.3, 0.4) is 0 Å². The molecule has 0 aromatic carbocycles. The fourth-order valence-corrected chi connectivity index (χ4v) is 2.97. The van der Waals surface area contributed by atoms with Gasteiger partial charge in [0.1, 0.15) is 10.0 Å². The molecule has 1 aromatic heterocycles. The van der Waals surface area contributed by atoms with E-state index in [-0.39, 0.29) is 10.0 Å². The largest absolute Gasteiger partial charge is 0.263 e. The number of rotatable bonds is 1. The third-order valence-corrected chi connectivity index (χ3v) is 3.30. The standard InChI is InChI=1S/C7H7Cl2NO2S/c1-4-3-6(8)10-5(2)7(4)13(9,11)12/h3H,1-2H3. The van der Waals surface area contributed by atoms with Gasteiger partial charge in [0.15, 0.2) is 0 Å². The van der Waals surface area contributed by atoms with E-state index in [1.54, 1.807) is 13.8 Å². The van der Waals surface area contributed by atoms with Gasteiger partial charge >= 0.3 is 0 Å². The molecule has 13 heavy (non-hydrogen) atoms. The lowest BCUT2D eigenvalue weighted by Crippen LogP contribution is -2.00. The summed E-state index contributed by atoms with van der Waals surface area (Å²) >= 11 is 5.62. The fourth-order valence-electron chi connectivity index (χ4n) is 1.14. The molecular weight excluding hydrogens is 233 g/mol.